The van der Waals surface area contributed by atoms with Crippen LogP contribution in [0.2, 0.25) is 0 Å². The summed E-state index contributed by atoms with van der Waals surface area (Å²) < 4.78 is 13.6. The Morgan fingerprint density at radius 3 is 1.34 bits per heavy atom. The van der Waals surface area contributed by atoms with Gasteiger partial charge in [-0.25, -0.2) is 0 Å². The van der Waals surface area contributed by atoms with Crippen LogP contribution >= 0.6 is 0 Å². The Kier molecular flexibility index (Phi) is 10.2. The van der Waals surface area contributed by atoms with Gasteiger partial charge < -0.3 is 9.47 Å². The maximum Gasteiger partial charge on any atom is 0.135 e. The van der Waals surface area contributed by atoms with Gasteiger partial charge in [-0.2, -0.15) is 0 Å². The fourth-order valence-electron chi connectivity index (χ4n) is 9.16. The van der Waals surface area contributed by atoms with Crippen LogP contribution in [0.1, 0.15) is 98.9 Å². The van der Waals surface area contributed by atoms with Crippen LogP contribution in [0.5, 0.6) is 23.0 Å². The van der Waals surface area contributed by atoms with E-state index in [2.05, 4.69) is 206 Å². The van der Waals surface area contributed by atoms with Crippen LogP contribution in [-0.4, -0.2) is 0 Å². The summed E-state index contributed by atoms with van der Waals surface area (Å²) >= 11 is 0. The molecule has 0 radical (unpaired) electrons. The van der Waals surface area contributed by atoms with Crippen molar-refractivity contribution in [1.82, 2.24) is 0 Å². The SMILES string of the molecule is CC.Cc1cc(C2(c3ccc(Oc4ccc(C(C)(C)C)c5ccccc45)c(C)c3)c3ccccc3-c3ccccc32)ccc1Oc1ccc(C(C)C)c2ccccc12. The van der Waals surface area contributed by atoms with Gasteiger partial charge in [0.15, 0.2) is 0 Å². The highest BCUT2D eigenvalue weighted by Crippen LogP contribution is 2.57. The molecule has 2 nitrogen and oxygen atoms in total. The zero-order valence-electron chi connectivity index (χ0n) is 35.4. The molecule has 0 bridgehead atoms. The molecule has 0 saturated carbocycles. The molecule has 290 valence electrons. The predicted octanol–water partition coefficient (Wildman–Crippen LogP) is 16.0. The minimum absolute atomic E-state index is 0.0218. The molecule has 0 atom stereocenters. The van der Waals surface area contributed by atoms with Gasteiger partial charge in [-0.05, 0) is 116 Å². The van der Waals surface area contributed by atoms with Crippen LogP contribution in [0.3, 0.4) is 0 Å². The van der Waals surface area contributed by atoms with Gasteiger partial charge in [-0.1, -0.05) is 182 Å². The van der Waals surface area contributed by atoms with Crippen molar-refractivity contribution >= 4 is 21.5 Å². The molecular formula is C56H54O2. The Morgan fingerprint density at radius 1 is 0.448 bits per heavy atom. The molecule has 0 aromatic heterocycles. The van der Waals surface area contributed by atoms with E-state index in [-0.39, 0.29) is 5.41 Å². The van der Waals surface area contributed by atoms with Crippen molar-refractivity contribution in [2.24, 2.45) is 0 Å². The lowest BCUT2D eigenvalue weighted by Gasteiger charge is -2.34. The van der Waals surface area contributed by atoms with Gasteiger partial charge >= 0.3 is 0 Å². The standard InChI is InChI=1S/C54H48O2.C2H6/c1-34(2)39-26-30-51(44-20-10-8-16-40(39)44)55-49-28-24-37(32-35(49)3)54(47-22-14-12-17-41(47)42-18-13-15-23-48(42)54)38-25-29-50(36(4)33-38)56-52-31-27-46(53(5,6)7)43-19-9-11-21-45(43)52;1-2/h8-34H,1-7H3;1-2H3. The van der Waals surface area contributed by atoms with E-state index in [1.807, 2.05) is 13.8 Å². The smallest absolute Gasteiger partial charge is 0.135 e. The van der Waals surface area contributed by atoms with Crippen molar-refractivity contribution in [1.29, 1.82) is 0 Å². The van der Waals surface area contributed by atoms with Crippen LogP contribution < -0.4 is 9.47 Å². The third kappa shape index (κ3) is 6.45. The van der Waals surface area contributed by atoms with Crippen LogP contribution in [0.4, 0.5) is 0 Å². The quantitative estimate of drug-likeness (QED) is 0.161. The summed E-state index contributed by atoms with van der Waals surface area (Å²) in [5.41, 5.74) is 11.8. The van der Waals surface area contributed by atoms with Crippen molar-refractivity contribution in [2.45, 2.75) is 79.1 Å². The largest absolute Gasteiger partial charge is 0.456 e. The number of hydrogen-bond donors (Lipinski definition) is 0. The minimum atomic E-state index is -0.549. The lowest BCUT2D eigenvalue weighted by atomic mass is 9.67. The Bertz CT molecular complexity index is 2750. The highest BCUT2D eigenvalue weighted by atomic mass is 16.5. The van der Waals surface area contributed by atoms with Crippen molar-refractivity contribution in [2.75, 3.05) is 0 Å². The maximum atomic E-state index is 6.81. The van der Waals surface area contributed by atoms with Crippen molar-refractivity contribution < 1.29 is 9.47 Å². The molecule has 0 fully saturated rings. The molecular weight excluding hydrogens is 705 g/mol. The van der Waals surface area contributed by atoms with Gasteiger partial charge in [0.2, 0.25) is 0 Å². The second kappa shape index (κ2) is 15.3. The van der Waals surface area contributed by atoms with E-state index >= 15 is 0 Å². The molecule has 0 N–H and O–H groups in total. The van der Waals surface area contributed by atoms with E-state index in [1.54, 1.807) is 0 Å². The molecule has 1 aliphatic rings. The third-order valence-corrected chi connectivity index (χ3v) is 11.8. The van der Waals surface area contributed by atoms with Gasteiger partial charge in [0, 0.05) is 10.8 Å². The van der Waals surface area contributed by atoms with Gasteiger partial charge in [-0.3, -0.25) is 0 Å². The molecule has 0 aliphatic heterocycles. The molecule has 0 unspecified atom stereocenters. The van der Waals surface area contributed by atoms with Crippen LogP contribution in [0.25, 0.3) is 32.7 Å². The summed E-state index contributed by atoms with van der Waals surface area (Å²) in [7, 11) is 0. The predicted molar refractivity (Wildman–Crippen MR) is 245 cm³/mol. The van der Waals surface area contributed by atoms with Gasteiger partial charge in [0.05, 0.1) is 5.41 Å². The molecule has 0 amide bonds. The fraction of sp³-hybridized carbons (Fsp3) is 0.214. The van der Waals surface area contributed by atoms with Crippen molar-refractivity contribution in [3.05, 3.63) is 202 Å². The lowest BCUT2D eigenvalue weighted by molar-refractivity contribution is 0.483. The number of hydrogen-bond acceptors (Lipinski definition) is 2. The zero-order valence-corrected chi connectivity index (χ0v) is 35.4. The molecule has 0 spiro atoms. The summed E-state index contributed by atoms with van der Waals surface area (Å²) in [5, 5.41) is 4.73. The van der Waals surface area contributed by atoms with Gasteiger partial charge in [-0.15, -0.1) is 0 Å². The highest BCUT2D eigenvalue weighted by molar-refractivity contribution is 5.93. The molecule has 9 rings (SSSR count). The van der Waals surface area contributed by atoms with Crippen LogP contribution in [0, 0.1) is 13.8 Å². The Morgan fingerprint density at radius 2 is 0.862 bits per heavy atom. The summed E-state index contributed by atoms with van der Waals surface area (Å²) in [6.45, 7) is 19.6. The van der Waals surface area contributed by atoms with E-state index in [0.29, 0.717) is 5.92 Å². The van der Waals surface area contributed by atoms with E-state index < -0.39 is 5.41 Å². The zero-order chi connectivity index (χ0) is 40.8. The number of benzene rings is 8. The average Bonchev–Trinajstić information content (AvgIpc) is 3.53. The first-order chi connectivity index (χ1) is 28.1. The highest BCUT2D eigenvalue weighted by Gasteiger charge is 2.46. The first kappa shape index (κ1) is 38.7. The Balaban J connectivity index is 0.00000231. The molecule has 1 aliphatic carbocycles. The van der Waals surface area contributed by atoms with Crippen molar-refractivity contribution in [3.63, 3.8) is 0 Å². The summed E-state index contributed by atoms with van der Waals surface area (Å²) in [6, 6.07) is 57.2. The maximum absolute atomic E-state index is 6.81. The second-order valence-corrected chi connectivity index (χ2v) is 16.8. The van der Waals surface area contributed by atoms with Crippen LogP contribution in [0.15, 0.2) is 158 Å². The summed E-state index contributed by atoms with van der Waals surface area (Å²) in [5.74, 6) is 3.88. The van der Waals surface area contributed by atoms with Crippen LogP contribution in [-0.2, 0) is 10.8 Å². The number of fused-ring (bicyclic) bond motifs is 5. The monoisotopic (exact) mass is 758 g/mol. The lowest BCUT2D eigenvalue weighted by Crippen LogP contribution is -2.28. The van der Waals surface area contributed by atoms with Gasteiger partial charge in [0.1, 0.15) is 23.0 Å². The van der Waals surface area contributed by atoms with E-state index in [9.17, 15) is 0 Å². The van der Waals surface area contributed by atoms with E-state index in [4.69, 9.17) is 9.47 Å². The summed E-state index contributed by atoms with van der Waals surface area (Å²) in [4.78, 5) is 0. The Hall–Kier alpha value is -6.12. The molecule has 0 heterocycles. The van der Waals surface area contributed by atoms with E-state index in [1.165, 1.54) is 55.3 Å². The topological polar surface area (TPSA) is 18.5 Å². The average molecular weight is 759 g/mol. The summed E-state index contributed by atoms with van der Waals surface area (Å²) in [6.07, 6.45) is 0. The second-order valence-electron chi connectivity index (χ2n) is 16.8. The molecule has 58 heavy (non-hydrogen) atoms. The Labute approximate surface area is 345 Å². The van der Waals surface area contributed by atoms with Gasteiger partial charge in [0.25, 0.3) is 0 Å². The third-order valence-electron chi connectivity index (χ3n) is 11.8. The van der Waals surface area contributed by atoms with Crippen molar-refractivity contribution in [3.8, 4) is 34.1 Å². The minimum Gasteiger partial charge on any atom is -0.456 e. The normalized spacial score (nSPS) is 12.9. The molecule has 8 aromatic carbocycles. The first-order valence-corrected chi connectivity index (χ1v) is 20.9. The molecule has 8 aromatic rings. The molecule has 2 heteroatoms. The molecule has 0 saturated heterocycles. The van der Waals surface area contributed by atoms with E-state index in [0.717, 1.165) is 44.9 Å². The number of aryl methyl sites for hydroxylation is 2. The first-order valence-electron chi connectivity index (χ1n) is 20.9. The fourth-order valence-corrected chi connectivity index (χ4v) is 9.16. The number of rotatable bonds is 7. The number of ether oxygens (including phenoxy) is 2.